The number of likely N-dealkylation sites (tertiary alicyclic amines) is 1. The second kappa shape index (κ2) is 13.0. The van der Waals surface area contributed by atoms with Crippen LogP contribution in [0.2, 0.25) is 0 Å². The lowest BCUT2D eigenvalue weighted by atomic mass is 9.97. The van der Waals surface area contributed by atoms with Crippen molar-refractivity contribution in [3.05, 3.63) is 23.8 Å². The van der Waals surface area contributed by atoms with Gasteiger partial charge in [0.15, 0.2) is 5.96 Å². The molecule has 8 heteroatoms. The van der Waals surface area contributed by atoms with Crippen molar-refractivity contribution in [1.82, 2.24) is 10.2 Å². The number of methoxy groups -OCH3 is 1. The van der Waals surface area contributed by atoms with E-state index >= 15 is 0 Å². The van der Waals surface area contributed by atoms with E-state index in [9.17, 15) is 4.79 Å². The minimum atomic E-state index is -0.0768. The zero-order chi connectivity index (χ0) is 21.3. The van der Waals surface area contributed by atoms with Crippen molar-refractivity contribution < 1.29 is 19.0 Å². The summed E-state index contributed by atoms with van der Waals surface area (Å²) in [7, 11) is 3.47. The number of guanidine groups is 1. The number of nitrogens with one attached hydrogen (secondary N) is 1. The fourth-order valence-corrected chi connectivity index (χ4v) is 4.20. The molecule has 0 bridgehead atoms. The Morgan fingerprint density at radius 3 is 2.52 bits per heavy atom. The molecule has 3 rings (SSSR count). The summed E-state index contributed by atoms with van der Waals surface area (Å²) in [5, 5.41) is 3.47. The van der Waals surface area contributed by atoms with Gasteiger partial charge in [0, 0.05) is 38.3 Å². The first-order valence-corrected chi connectivity index (χ1v) is 11.1. The summed E-state index contributed by atoms with van der Waals surface area (Å²) < 4.78 is 16.9. The van der Waals surface area contributed by atoms with E-state index in [1.54, 1.807) is 14.2 Å². The molecule has 1 aliphatic heterocycles. The van der Waals surface area contributed by atoms with Crippen LogP contribution in [0, 0.1) is 5.92 Å². The Hall–Kier alpha value is -1.71. The highest BCUT2D eigenvalue weighted by Crippen LogP contribution is 2.30. The molecule has 174 valence electrons. The molecule has 1 saturated carbocycles. The number of hydrogen-bond acceptors (Lipinski definition) is 5. The number of benzene rings is 1. The van der Waals surface area contributed by atoms with Gasteiger partial charge in [0.05, 0.1) is 25.7 Å². The number of carbonyl (C=O) groups is 1. The van der Waals surface area contributed by atoms with E-state index in [1.165, 1.54) is 12.8 Å². The maximum absolute atomic E-state index is 12.0. The second-order valence-corrected chi connectivity index (χ2v) is 7.91. The van der Waals surface area contributed by atoms with Gasteiger partial charge in [-0.05, 0) is 57.6 Å². The molecule has 0 spiro atoms. The number of halogens is 1. The van der Waals surface area contributed by atoms with Gasteiger partial charge in [0.2, 0.25) is 0 Å². The Kier molecular flexibility index (Phi) is 10.7. The Bertz CT molecular complexity index is 730. The Balaban J connectivity index is 0.00000341. The average molecular weight is 545 g/mol. The van der Waals surface area contributed by atoms with E-state index in [2.05, 4.69) is 21.3 Å². The number of hydrogen-bond donors (Lipinski definition) is 1. The Morgan fingerprint density at radius 2 is 1.90 bits per heavy atom. The van der Waals surface area contributed by atoms with Crippen LogP contribution in [0.5, 0.6) is 11.5 Å². The van der Waals surface area contributed by atoms with E-state index in [0.717, 1.165) is 61.8 Å². The van der Waals surface area contributed by atoms with Crippen LogP contribution in [-0.4, -0.2) is 56.8 Å². The van der Waals surface area contributed by atoms with Crippen molar-refractivity contribution in [2.24, 2.45) is 10.9 Å². The van der Waals surface area contributed by atoms with Gasteiger partial charge in [-0.3, -0.25) is 9.79 Å². The first kappa shape index (κ1) is 25.5. The SMILES string of the molecule is CCOC(=O)C1CCN(C(=NC)NCc2ccc(OC)cc2OC2CCCC2)CC1.I. The lowest BCUT2D eigenvalue weighted by molar-refractivity contribution is -0.149. The zero-order valence-corrected chi connectivity index (χ0v) is 21.2. The molecule has 0 unspecified atom stereocenters. The number of ether oxygens (including phenoxy) is 3. The normalized spacial score (nSPS) is 17.8. The van der Waals surface area contributed by atoms with E-state index in [0.29, 0.717) is 13.2 Å². The van der Waals surface area contributed by atoms with Gasteiger partial charge in [-0.2, -0.15) is 0 Å². The predicted octanol–water partition coefficient (Wildman–Crippen LogP) is 3.99. The maximum Gasteiger partial charge on any atom is 0.309 e. The summed E-state index contributed by atoms with van der Waals surface area (Å²) in [5.41, 5.74) is 1.09. The van der Waals surface area contributed by atoms with E-state index in [1.807, 2.05) is 19.1 Å². The van der Waals surface area contributed by atoms with Crippen LogP contribution < -0.4 is 14.8 Å². The van der Waals surface area contributed by atoms with Crippen LogP contribution in [0.15, 0.2) is 23.2 Å². The number of aliphatic imine (C=N–C) groups is 1. The quantitative estimate of drug-likeness (QED) is 0.242. The molecule has 0 atom stereocenters. The summed E-state index contributed by atoms with van der Waals surface area (Å²) in [6.07, 6.45) is 6.56. The fraction of sp³-hybridized carbons (Fsp3) is 0.652. The summed E-state index contributed by atoms with van der Waals surface area (Å²) in [6.45, 7) is 4.49. The average Bonchev–Trinajstić information content (AvgIpc) is 3.28. The Labute approximate surface area is 202 Å². The number of piperidine rings is 1. The first-order valence-electron chi connectivity index (χ1n) is 11.1. The van der Waals surface area contributed by atoms with E-state index in [-0.39, 0.29) is 42.0 Å². The number of rotatable bonds is 7. The lowest BCUT2D eigenvalue weighted by Crippen LogP contribution is -2.46. The van der Waals surface area contributed by atoms with Crippen molar-refractivity contribution in [3.63, 3.8) is 0 Å². The van der Waals surface area contributed by atoms with Gasteiger partial charge in [-0.25, -0.2) is 0 Å². The van der Waals surface area contributed by atoms with Crippen LogP contribution in [0.25, 0.3) is 0 Å². The molecule has 0 amide bonds. The number of carbonyl (C=O) groups excluding carboxylic acids is 1. The second-order valence-electron chi connectivity index (χ2n) is 7.91. The number of esters is 1. The number of nitrogens with zero attached hydrogens (tertiary/aromatic N) is 2. The highest BCUT2D eigenvalue weighted by molar-refractivity contribution is 14.0. The van der Waals surface area contributed by atoms with Crippen molar-refractivity contribution >= 4 is 35.9 Å². The third-order valence-electron chi connectivity index (χ3n) is 5.93. The zero-order valence-electron chi connectivity index (χ0n) is 18.9. The van der Waals surface area contributed by atoms with Crippen molar-refractivity contribution in [1.29, 1.82) is 0 Å². The van der Waals surface area contributed by atoms with Crippen LogP contribution in [0.3, 0.4) is 0 Å². The molecular formula is C23H36IN3O4. The van der Waals surface area contributed by atoms with Crippen LogP contribution in [-0.2, 0) is 16.1 Å². The third kappa shape index (κ3) is 7.15. The van der Waals surface area contributed by atoms with Crippen molar-refractivity contribution in [2.45, 2.75) is 58.1 Å². The molecular weight excluding hydrogens is 509 g/mol. The van der Waals surface area contributed by atoms with Gasteiger partial charge in [0.1, 0.15) is 11.5 Å². The van der Waals surface area contributed by atoms with Gasteiger partial charge in [-0.15, -0.1) is 24.0 Å². The van der Waals surface area contributed by atoms with Gasteiger partial charge in [0.25, 0.3) is 0 Å². The molecule has 1 saturated heterocycles. The molecule has 31 heavy (non-hydrogen) atoms. The molecule has 1 N–H and O–H groups in total. The Morgan fingerprint density at radius 1 is 1.19 bits per heavy atom. The summed E-state index contributed by atoms with van der Waals surface area (Å²) >= 11 is 0. The molecule has 7 nitrogen and oxygen atoms in total. The molecule has 0 radical (unpaired) electrons. The molecule has 1 aromatic carbocycles. The third-order valence-corrected chi connectivity index (χ3v) is 5.93. The van der Waals surface area contributed by atoms with Crippen molar-refractivity contribution in [2.75, 3.05) is 33.9 Å². The van der Waals surface area contributed by atoms with Crippen LogP contribution in [0.4, 0.5) is 0 Å². The van der Waals surface area contributed by atoms with Gasteiger partial charge in [-0.1, -0.05) is 0 Å². The maximum atomic E-state index is 12.0. The first-order chi connectivity index (χ1) is 14.6. The minimum Gasteiger partial charge on any atom is -0.497 e. The highest BCUT2D eigenvalue weighted by atomic mass is 127. The predicted molar refractivity (Wildman–Crippen MR) is 132 cm³/mol. The standard InChI is InChI=1S/C23H35N3O4.HI/c1-4-29-22(27)17-11-13-26(14-12-17)23(24-2)25-16-18-9-10-20(28-3)15-21(18)30-19-7-5-6-8-19;/h9-10,15,17,19H,4-8,11-14,16H2,1-3H3,(H,24,25);1H. The van der Waals surface area contributed by atoms with Gasteiger partial charge >= 0.3 is 5.97 Å². The molecule has 1 aliphatic carbocycles. The van der Waals surface area contributed by atoms with Crippen molar-refractivity contribution in [3.8, 4) is 11.5 Å². The highest BCUT2D eigenvalue weighted by Gasteiger charge is 2.27. The summed E-state index contributed by atoms with van der Waals surface area (Å²) in [6, 6.07) is 5.99. The summed E-state index contributed by atoms with van der Waals surface area (Å²) in [4.78, 5) is 18.6. The monoisotopic (exact) mass is 545 g/mol. The molecule has 0 aromatic heterocycles. The molecule has 1 aromatic rings. The molecule has 2 aliphatic rings. The molecule has 1 heterocycles. The molecule has 2 fully saturated rings. The van der Waals surface area contributed by atoms with E-state index in [4.69, 9.17) is 14.2 Å². The lowest BCUT2D eigenvalue weighted by Gasteiger charge is -2.33. The van der Waals surface area contributed by atoms with Crippen LogP contribution >= 0.6 is 24.0 Å². The summed E-state index contributed by atoms with van der Waals surface area (Å²) in [5.74, 6) is 2.45. The largest absolute Gasteiger partial charge is 0.497 e. The van der Waals surface area contributed by atoms with Gasteiger partial charge < -0.3 is 24.4 Å². The fourth-order valence-electron chi connectivity index (χ4n) is 4.20. The van der Waals surface area contributed by atoms with Crippen LogP contribution in [0.1, 0.15) is 51.0 Å². The smallest absolute Gasteiger partial charge is 0.309 e. The minimum absolute atomic E-state index is 0. The van der Waals surface area contributed by atoms with E-state index < -0.39 is 0 Å². The topological polar surface area (TPSA) is 72.4 Å².